The van der Waals surface area contributed by atoms with Crippen molar-refractivity contribution < 1.29 is 4.79 Å². The zero-order valence-electron chi connectivity index (χ0n) is 20.7. The Bertz CT molecular complexity index is 410. The van der Waals surface area contributed by atoms with E-state index in [1.54, 1.807) is 0 Å². The molecule has 3 rings (SSSR count). The molecule has 3 aliphatic rings. The highest BCUT2D eigenvalue weighted by atomic mass is 16.2. The van der Waals surface area contributed by atoms with Gasteiger partial charge in [-0.05, 0) is 65.2 Å². The van der Waals surface area contributed by atoms with Gasteiger partial charge in [0.25, 0.3) is 0 Å². The number of carbonyl (C=O) groups excluding carboxylic acids is 1. The summed E-state index contributed by atoms with van der Waals surface area (Å²) < 4.78 is 0. The van der Waals surface area contributed by atoms with Gasteiger partial charge in [-0.2, -0.15) is 0 Å². The smallest absolute Gasteiger partial charge is 0.236 e. The van der Waals surface area contributed by atoms with Crippen LogP contribution in [0.15, 0.2) is 0 Å². The molecule has 0 aromatic carbocycles. The molecule has 2 aliphatic carbocycles. The van der Waals surface area contributed by atoms with E-state index in [0.717, 1.165) is 19.0 Å². The van der Waals surface area contributed by atoms with Crippen LogP contribution in [-0.2, 0) is 4.79 Å². The molecule has 1 spiro atoms. The van der Waals surface area contributed by atoms with Gasteiger partial charge in [-0.15, -0.1) is 0 Å². The molecule has 2 saturated carbocycles. The standard InChI is InChI=1S/C11H20N2O.C9H18.C2H7N.C2H6/c1-12(2)7-10(14)13-8-11(9-13)5-3-4-6-11;1-4-9(3)6-5-8(2)7-9;1-3-2;1-2/h3-9H2,1-2H3;8H,4-7H2,1-3H3;3H,1-2H3;1-2H3. The number of nitrogens with zero attached hydrogens (tertiary/aromatic N) is 2. The van der Waals surface area contributed by atoms with Crippen molar-refractivity contribution in [2.75, 3.05) is 47.8 Å². The highest BCUT2D eigenvalue weighted by Crippen LogP contribution is 2.45. The van der Waals surface area contributed by atoms with Crippen LogP contribution in [0.25, 0.3) is 0 Å². The normalized spacial score (nSPS) is 27.1. The zero-order valence-corrected chi connectivity index (χ0v) is 20.7. The molecular weight excluding hydrogens is 346 g/mol. The van der Waals surface area contributed by atoms with Crippen molar-refractivity contribution in [1.29, 1.82) is 0 Å². The van der Waals surface area contributed by atoms with Gasteiger partial charge in [0.15, 0.2) is 0 Å². The molecule has 168 valence electrons. The predicted octanol–water partition coefficient (Wildman–Crippen LogP) is 5.04. The Labute approximate surface area is 176 Å². The molecule has 2 unspecified atom stereocenters. The molecule has 1 aliphatic heterocycles. The SMILES string of the molecule is CC.CCC1(C)CCC(C)C1.CN(C)CC(=O)N1CC2(CCCC2)C1.CNC. The van der Waals surface area contributed by atoms with Crippen LogP contribution in [0.3, 0.4) is 0 Å². The summed E-state index contributed by atoms with van der Waals surface area (Å²) >= 11 is 0. The van der Waals surface area contributed by atoms with Gasteiger partial charge in [0.2, 0.25) is 5.91 Å². The Balaban J connectivity index is 0.000000449. The molecule has 1 saturated heterocycles. The van der Waals surface area contributed by atoms with E-state index in [9.17, 15) is 4.79 Å². The fourth-order valence-corrected chi connectivity index (χ4v) is 4.71. The van der Waals surface area contributed by atoms with Gasteiger partial charge >= 0.3 is 0 Å². The first-order valence-corrected chi connectivity index (χ1v) is 11.7. The number of hydrogen-bond acceptors (Lipinski definition) is 3. The first kappa shape index (κ1) is 27.4. The fourth-order valence-electron chi connectivity index (χ4n) is 4.71. The van der Waals surface area contributed by atoms with Gasteiger partial charge in [-0.3, -0.25) is 4.79 Å². The molecular formula is C24H51N3O. The first-order valence-electron chi connectivity index (χ1n) is 11.7. The Morgan fingerprint density at radius 3 is 1.93 bits per heavy atom. The third-order valence-electron chi connectivity index (χ3n) is 6.46. The number of rotatable bonds is 3. The van der Waals surface area contributed by atoms with E-state index in [1.807, 2.05) is 51.8 Å². The van der Waals surface area contributed by atoms with Crippen LogP contribution in [0.2, 0.25) is 0 Å². The van der Waals surface area contributed by atoms with E-state index in [2.05, 4.69) is 26.1 Å². The third kappa shape index (κ3) is 9.26. The van der Waals surface area contributed by atoms with Gasteiger partial charge in [0, 0.05) is 18.5 Å². The number of amides is 1. The average molecular weight is 398 g/mol. The number of likely N-dealkylation sites (tertiary alicyclic amines) is 1. The fraction of sp³-hybridized carbons (Fsp3) is 0.958. The molecule has 1 amide bonds. The summed E-state index contributed by atoms with van der Waals surface area (Å²) in [5.41, 5.74) is 1.25. The van der Waals surface area contributed by atoms with Crippen LogP contribution < -0.4 is 5.32 Å². The van der Waals surface area contributed by atoms with Gasteiger partial charge in [-0.25, -0.2) is 0 Å². The molecule has 0 bridgehead atoms. The van der Waals surface area contributed by atoms with Crippen LogP contribution in [0.1, 0.15) is 86.0 Å². The molecule has 28 heavy (non-hydrogen) atoms. The van der Waals surface area contributed by atoms with Crippen molar-refractivity contribution in [2.24, 2.45) is 16.7 Å². The van der Waals surface area contributed by atoms with Crippen molar-refractivity contribution in [2.45, 2.75) is 86.0 Å². The molecule has 3 fully saturated rings. The lowest BCUT2D eigenvalue weighted by atomic mass is 9.78. The highest BCUT2D eigenvalue weighted by molar-refractivity contribution is 5.79. The van der Waals surface area contributed by atoms with E-state index in [0.29, 0.717) is 23.3 Å². The quantitative estimate of drug-likeness (QED) is 0.725. The molecule has 4 nitrogen and oxygen atoms in total. The molecule has 0 aromatic heterocycles. The van der Waals surface area contributed by atoms with E-state index < -0.39 is 0 Å². The molecule has 0 radical (unpaired) electrons. The van der Waals surface area contributed by atoms with E-state index in [-0.39, 0.29) is 0 Å². The van der Waals surface area contributed by atoms with E-state index in [1.165, 1.54) is 51.4 Å². The van der Waals surface area contributed by atoms with Gasteiger partial charge in [0.1, 0.15) is 0 Å². The summed E-state index contributed by atoms with van der Waals surface area (Å²) in [7, 11) is 7.64. The summed E-state index contributed by atoms with van der Waals surface area (Å²) in [6.45, 7) is 13.7. The van der Waals surface area contributed by atoms with Crippen molar-refractivity contribution in [3.8, 4) is 0 Å². The zero-order chi connectivity index (χ0) is 21.8. The lowest BCUT2D eigenvalue weighted by molar-refractivity contribution is -0.143. The van der Waals surface area contributed by atoms with Gasteiger partial charge in [-0.1, -0.05) is 60.3 Å². The lowest BCUT2D eigenvalue weighted by Crippen LogP contribution is -2.58. The van der Waals surface area contributed by atoms with E-state index >= 15 is 0 Å². The van der Waals surface area contributed by atoms with E-state index in [4.69, 9.17) is 0 Å². The van der Waals surface area contributed by atoms with Crippen molar-refractivity contribution in [3.63, 3.8) is 0 Å². The Hall–Kier alpha value is -0.610. The second-order valence-electron chi connectivity index (χ2n) is 9.71. The Morgan fingerprint density at radius 2 is 1.61 bits per heavy atom. The number of likely N-dealkylation sites (N-methyl/N-ethyl adjacent to an activating group) is 1. The monoisotopic (exact) mass is 397 g/mol. The van der Waals surface area contributed by atoms with Crippen molar-refractivity contribution in [3.05, 3.63) is 0 Å². The van der Waals surface area contributed by atoms with Crippen LogP contribution in [-0.4, -0.2) is 63.5 Å². The van der Waals surface area contributed by atoms with Crippen molar-refractivity contribution >= 4 is 5.91 Å². The second kappa shape index (κ2) is 13.6. The van der Waals surface area contributed by atoms with Crippen molar-refractivity contribution in [1.82, 2.24) is 15.1 Å². The minimum Gasteiger partial charge on any atom is -0.340 e. The minimum absolute atomic E-state index is 0.299. The third-order valence-corrected chi connectivity index (χ3v) is 6.46. The molecule has 0 aromatic rings. The maximum Gasteiger partial charge on any atom is 0.236 e. The van der Waals surface area contributed by atoms with Crippen LogP contribution in [0.5, 0.6) is 0 Å². The molecule has 1 N–H and O–H groups in total. The lowest BCUT2D eigenvalue weighted by Gasteiger charge is -2.48. The van der Waals surface area contributed by atoms with Crippen LogP contribution in [0.4, 0.5) is 0 Å². The number of hydrogen-bond donors (Lipinski definition) is 1. The topological polar surface area (TPSA) is 35.6 Å². The van der Waals surface area contributed by atoms with Gasteiger partial charge < -0.3 is 15.1 Å². The average Bonchev–Trinajstić information content (AvgIpc) is 3.23. The minimum atomic E-state index is 0.299. The summed E-state index contributed by atoms with van der Waals surface area (Å²) in [6, 6.07) is 0. The number of carbonyl (C=O) groups is 1. The maximum atomic E-state index is 11.7. The summed E-state index contributed by atoms with van der Waals surface area (Å²) in [5.74, 6) is 1.29. The van der Waals surface area contributed by atoms with Crippen LogP contribution >= 0.6 is 0 Å². The Morgan fingerprint density at radius 1 is 1.11 bits per heavy atom. The summed E-state index contributed by atoms with van der Waals surface area (Å²) in [4.78, 5) is 15.6. The number of nitrogens with one attached hydrogen (secondary N) is 1. The Kier molecular flexibility index (Phi) is 13.3. The summed E-state index contributed by atoms with van der Waals surface area (Å²) in [5, 5.41) is 2.75. The molecule has 4 heteroatoms. The molecule has 2 atom stereocenters. The highest BCUT2D eigenvalue weighted by Gasteiger charge is 2.46. The first-order chi connectivity index (χ1) is 13.2. The van der Waals surface area contributed by atoms with Gasteiger partial charge in [0.05, 0.1) is 6.54 Å². The largest absolute Gasteiger partial charge is 0.340 e. The maximum absolute atomic E-state index is 11.7. The predicted molar refractivity (Wildman–Crippen MR) is 124 cm³/mol. The second-order valence-corrected chi connectivity index (χ2v) is 9.71. The van der Waals surface area contributed by atoms with Crippen LogP contribution in [0, 0.1) is 16.7 Å². The summed E-state index contributed by atoms with van der Waals surface area (Å²) in [6.07, 6.45) is 11.2. The molecule has 1 heterocycles.